The van der Waals surface area contributed by atoms with Crippen LogP contribution in [-0.2, 0) is 0 Å². The molecule has 1 heteroatoms. The number of rotatable bonds is 7. The first-order valence-corrected chi connectivity index (χ1v) is 7.34. The lowest BCUT2D eigenvalue weighted by atomic mass is 9.94. The molecule has 0 bridgehead atoms. The summed E-state index contributed by atoms with van der Waals surface area (Å²) in [6.07, 6.45) is 3.92. The summed E-state index contributed by atoms with van der Waals surface area (Å²) in [7, 11) is 2.28. The van der Waals surface area contributed by atoms with Crippen molar-refractivity contribution in [3.63, 3.8) is 0 Å². The molecule has 0 aliphatic rings. The third-order valence-electron chi connectivity index (χ3n) is 4.04. The fraction of sp³-hybridized carbons (Fsp3) is 0.647. The Morgan fingerprint density at radius 2 is 1.67 bits per heavy atom. The molecule has 0 heterocycles. The normalized spacial score (nSPS) is 15.1. The average Bonchev–Trinajstić information content (AvgIpc) is 2.38. The maximum Gasteiger partial charge on any atom is 0.0319 e. The van der Waals surface area contributed by atoms with Crippen molar-refractivity contribution in [1.29, 1.82) is 0 Å². The molecule has 1 rings (SSSR count). The molecule has 1 aromatic carbocycles. The zero-order valence-corrected chi connectivity index (χ0v) is 12.7. The summed E-state index contributed by atoms with van der Waals surface area (Å²) in [6, 6.07) is 12.0. The predicted molar refractivity (Wildman–Crippen MR) is 80.8 cm³/mol. The van der Waals surface area contributed by atoms with Crippen molar-refractivity contribution in [2.75, 3.05) is 7.05 Å². The Bertz CT molecular complexity index is 318. The molecule has 18 heavy (non-hydrogen) atoms. The van der Waals surface area contributed by atoms with Crippen molar-refractivity contribution in [2.24, 2.45) is 5.92 Å². The van der Waals surface area contributed by atoms with Gasteiger partial charge in [-0.3, -0.25) is 4.90 Å². The highest BCUT2D eigenvalue weighted by Crippen LogP contribution is 2.26. The van der Waals surface area contributed by atoms with Crippen LogP contribution in [0, 0.1) is 5.92 Å². The third-order valence-corrected chi connectivity index (χ3v) is 4.04. The highest BCUT2D eigenvalue weighted by Gasteiger charge is 2.22. The van der Waals surface area contributed by atoms with E-state index in [0.717, 1.165) is 0 Å². The van der Waals surface area contributed by atoms with Crippen LogP contribution in [0.2, 0.25) is 0 Å². The highest BCUT2D eigenvalue weighted by atomic mass is 15.2. The minimum atomic E-state index is 0.496. The van der Waals surface area contributed by atoms with Crippen molar-refractivity contribution in [3.8, 4) is 0 Å². The summed E-state index contributed by atoms with van der Waals surface area (Å²) in [5.74, 6) is 0.715. The molecule has 2 unspecified atom stereocenters. The van der Waals surface area contributed by atoms with Crippen LogP contribution in [0.5, 0.6) is 0 Å². The van der Waals surface area contributed by atoms with Crippen LogP contribution in [0.1, 0.15) is 58.6 Å². The molecule has 1 aromatic rings. The summed E-state index contributed by atoms with van der Waals surface area (Å²) in [5, 5.41) is 0. The Labute approximate surface area is 113 Å². The van der Waals surface area contributed by atoms with Crippen LogP contribution in [0.25, 0.3) is 0 Å². The number of nitrogens with zero attached hydrogens (tertiary/aromatic N) is 1. The lowest BCUT2D eigenvalue weighted by molar-refractivity contribution is 0.134. The zero-order chi connectivity index (χ0) is 13.5. The molecule has 0 N–H and O–H groups in total. The lowest BCUT2D eigenvalue weighted by Crippen LogP contribution is -2.37. The molecule has 0 fully saturated rings. The van der Waals surface area contributed by atoms with Gasteiger partial charge in [0.05, 0.1) is 0 Å². The van der Waals surface area contributed by atoms with Gasteiger partial charge in [0.2, 0.25) is 0 Å². The molecule has 0 aromatic heterocycles. The molecule has 2 atom stereocenters. The van der Waals surface area contributed by atoms with Crippen LogP contribution < -0.4 is 0 Å². The lowest BCUT2D eigenvalue weighted by Gasteiger charge is -2.36. The summed E-state index contributed by atoms with van der Waals surface area (Å²) in [6.45, 7) is 9.28. The Morgan fingerprint density at radius 1 is 1.06 bits per heavy atom. The molecule has 0 aliphatic heterocycles. The van der Waals surface area contributed by atoms with Gasteiger partial charge in [-0.25, -0.2) is 0 Å². The molecular weight excluding hydrogens is 218 g/mol. The van der Waals surface area contributed by atoms with E-state index in [9.17, 15) is 0 Å². The van der Waals surface area contributed by atoms with Gasteiger partial charge in [0.25, 0.3) is 0 Å². The van der Waals surface area contributed by atoms with Crippen molar-refractivity contribution in [3.05, 3.63) is 35.9 Å². The van der Waals surface area contributed by atoms with Crippen molar-refractivity contribution in [1.82, 2.24) is 4.90 Å². The van der Waals surface area contributed by atoms with Gasteiger partial charge in [0, 0.05) is 12.1 Å². The van der Waals surface area contributed by atoms with Gasteiger partial charge in [-0.15, -0.1) is 0 Å². The SMILES string of the molecule is CCCCC(C(C)C)N(C)C(C)c1ccccc1. The maximum absolute atomic E-state index is 2.55. The van der Waals surface area contributed by atoms with E-state index in [1.165, 1.54) is 24.8 Å². The second kappa shape index (κ2) is 7.58. The van der Waals surface area contributed by atoms with Gasteiger partial charge in [-0.05, 0) is 31.9 Å². The Kier molecular flexibility index (Phi) is 6.42. The number of benzene rings is 1. The Balaban J connectivity index is 2.73. The topological polar surface area (TPSA) is 3.24 Å². The van der Waals surface area contributed by atoms with Crippen LogP contribution >= 0.6 is 0 Å². The average molecular weight is 247 g/mol. The van der Waals surface area contributed by atoms with Crippen LogP contribution in [-0.4, -0.2) is 18.0 Å². The number of hydrogen-bond donors (Lipinski definition) is 0. The molecule has 0 saturated carbocycles. The van der Waals surface area contributed by atoms with Crippen LogP contribution in [0.3, 0.4) is 0 Å². The summed E-state index contributed by atoms with van der Waals surface area (Å²) in [4.78, 5) is 2.55. The minimum Gasteiger partial charge on any atom is -0.296 e. The van der Waals surface area contributed by atoms with Gasteiger partial charge in [0.1, 0.15) is 0 Å². The number of unbranched alkanes of at least 4 members (excludes halogenated alkanes) is 1. The van der Waals surface area contributed by atoms with Gasteiger partial charge in [-0.2, -0.15) is 0 Å². The Hall–Kier alpha value is -0.820. The standard InChI is InChI=1S/C17H29N/c1-6-7-13-17(14(2)3)18(5)15(4)16-11-9-8-10-12-16/h8-12,14-15,17H,6-7,13H2,1-5H3. The van der Waals surface area contributed by atoms with E-state index in [-0.39, 0.29) is 0 Å². The first kappa shape index (κ1) is 15.2. The van der Waals surface area contributed by atoms with Crippen molar-refractivity contribution < 1.29 is 0 Å². The number of hydrogen-bond acceptors (Lipinski definition) is 1. The summed E-state index contributed by atoms with van der Waals surface area (Å²) >= 11 is 0. The van der Waals surface area contributed by atoms with E-state index < -0.39 is 0 Å². The van der Waals surface area contributed by atoms with E-state index in [0.29, 0.717) is 18.0 Å². The van der Waals surface area contributed by atoms with Crippen LogP contribution in [0.4, 0.5) is 0 Å². The molecule has 0 aliphatic carbocycles. The summed E-state index contributed by atoms with van der Waals surface area (Å²) in [5.41, 5.74) is 1.42. The van der Waals surface area contributed by atoms with Gasteiger partial charge in [0.15, 0.2) is 0 Å². The second-order valence-electron chi connectivity index (χ2n) is 5.71. The van der Waals surface area contributed by atoms with Gasteiger partial charge < -0.3 is 0 Å². The van der Waals surface area contributed by atoms with E-state index in [1.807, 2.05) is 0 Å². The largest absolute Gasteiger partial charge is 0.296 e. The fourth-order valence-electron chi connectivity index (χ4n) is 2.67. The third kappa shape index (κ3) is 4.13. The van der Waals surface area contributed by atoms with Crippen molar-refractivity contribution >= 4 is 0 Å². The molecule has 0 amide bonds. The van der Waals surface area contributed by atoms with Crippen molar-refractivity contribution in [2.45, 2.75) is 59.0 Å². The molecule has 1 nitrogen and oxygen atoms in total. The molecule has 102 valence electrons. The van der Waals surface area contributed by atoms with Gasteiger partial charge in [-0.1, -0.05) is 63.9 Å². The predicted octanol–water partition coefficient (Wildman–Crippen LogP) is 4.89. The van der Waals surface area contributed by atoms with E-state index >= 15 is 0 Å². The monoisotopic (exact) mass is 247 g/mol. The zero-order valence-electron chi connectivity index (χ0n) is 12.7. The van der Waals surface area contributed by atoms with Crippen LogP contribution in [0.15, 0.2) is 30.3 Å². The molecule has 0 saturated heterocycles. The highest BCUT2D eigenvalue weighted by molar-refractivity contribution is 5.18. The minimum absolute atomic E-state index is 0.496. The fourth-order valence-corrected chi connectivity index (χ4v) is 2.67. The smallest absolute Gasteiger partial charge is 0.0319 e. The molecular formula is C17H29N. The van der Waals surface area contributed by atoms with E-state index in [4.69, 9.17) is 0 Å². The van der Waals surface area contributed by atoms with E-state index in [2.05, 4.69) is 70.0 Å². The Morgan fingerprint density at radius 3 is 2.17 bits per heavy atom. The quantitative estimate of drug-likeness (QED) is 0.663. The second-order valence-corrected chi connectivity index (χ2v) is 5.71. The first-order chi connectivity index (χ1) is 8.57. The first-order valence-electron chi connectivity index (χ1n) is 7.34. The molecule has 0 radical (unpaired) electrons. The summed E-state index contributed by atoms with van der Waals surface area (Å²) < 4.78 is 0. The van der Waals surface area contributed by atoms with E-state index in [1.54, 1.807) is 0 Å². The molecule has 0 spiro atoms. The van der Waals surface area contributed by atoms with Gasteiger partial charge >= 0.3 is 0 Å². The maximum atomic E-state index is 2.55.